The molecule has 0 amide bonds. The molecule has 19 heavy (non-hydrogen) atoms. The van der Waals surface area contributed by atoms with Crippen LogP contribution < -0.4 is 5.32 Å². The zero-order valence-corrected chi connectivity index (χ0v) is 11.6. The van der Waals surface area contributed by atoms with Crippen molar-refractivity contribution in [2.45, 2.75) is 13.0 Å². The highest BCUT2D eigenvalue weighted by Crippen LogP contribution is 2.25. The lowest BCUT2D eigenvalue weighted by Gasteiger charge is -2.16. The molecule has 0 saturated carbocycles. The first-order valence-electron chi connectivity index (χ1n) is 5.64. The summed E-state index contributed by atoms with van der Waals surface area (Å²) in [5, 5.41) is 3.21. The fourth-order valence-corrected chi connectivity index (χ4v) is 1.94. The van der Waals surface area contributed by atoms with Gasteiger partial charge in [0.25, 0.3) is 0 Å². The molecule has 1 nitrogen and oxygen atoms in total. The van der Waals surface area contributed by atoms with E-state index in [0.717, 1.165) is 5.56 Å². The molecule has 2 aromatic carbocycles. The summed E-state index contributed by atoms with van der Waals surface area (Å²) in [6.07, 6.45) is 0. The van der Waals surface area contributed by atoms with Crippen LogP contribution in [0.15, 0.2) is 36.4 Å². The molecule has 0 aliphatic heterocycles. The second-order valence-electron chi connectivity index (χ2n) is 4.17. The number of benzene rings is 2. The largest absolute Gasteiger partial charge is 0.378 e. The van der Waals surface area contributed by atoms with E-state index < -0.39 is 11.6 Å². The third kappa shape index (κ3) is 3.37. The van der Waals surface area contributed by atoms with Crippen molar-refractivity contribution in [3.05, 3.63) is 63.6 Å². The number of nitrogens with one attached hydrogen (secondary N) is 1. The van der Waals surface area contributed by atoms with Crippen LogP contribution in [0.5, 0.6) is 0 Å². The topological polar surface area (TPSA) is 12.0 Å². The lowest BCUT2D eigenvalue weighted by Crippen LogP contribution is -2.07. The summed E-state index contributed by atoms with van der Waals surface area (Å²) in [6.45, 7) is 1.84. The van der Waals surface area contributed by atoms with Crippen molar-refractivity contribution in [3.63, 3.8) is 0 Å². The second kappa shape index (κ2) is 5.76. The van der Waals surface area contributed by atoms with Crippen molar-refractivity contribution in [3.8, 4) is 0 Å². The SMILES string of the molecule is CC(Nc1ccc(Cl)c(F)c1)c1ccc(Cl)c(F)c1. The molecule has 0 aliphatic rings. The van der Waals surface area contributed by atoms with Crippen molar-refractivity contribution in [1.82, 2.24) is 0 Å². The van der Waals surface area contributed by atoms with E-state index in [0.29, 0.717) is 5.69 Å². The Morgan fingerprint density at radius 3 is 2.11 bits per heavy atom. The van der Waals surface area contributed by atoms with Gasteiger partial charge < -0.3 is 5.32 Å². The number of hydrogen-bond donors (Lipinski definition) is 1. The Bertz CT molecular complexity index is 602. The predicted molar refractivity (Wildman–Crippen MR) is 74.9 cm³/mol. The van der Waals surface area contributed by atoms with E-state index in [9.17, 15) is 8.78 Å². The second-order valence-corrected chi connectivity index (χ2v) is 4.98. The summed E-state index contributed by atoms with van der Waals surface area (Å²) in [5.74, 6) is -0.976. The lowest BCUT2D eigenvalue weighted by molar-refractivity contribution is 0.623. The normalized spacial score (nSPS) is 12.3. The van der Waals surface area contributed by atoms with Gasteiger partial charge in [-0.1, -0.05) is 29.3 Å². The van der Waals surface area contributed by atoms with Gasteiger partial charge in [0.15, 0.2) is 0 Å². The van der Waals surface area contributed by atoms with Gasteiger partial charge in [-0.15, -0.1) is 0 Å². The minimum absolute atomic E-state index is 0.0655. The molecular formula is C14H11Cl2F2N. The zero-order chi connectivity index (χ0) is 14.0. The van der Waals surface area contributed by atoms with E-state index in [-0.39, 0.29) is 16.1 Å². The molecule has 2 rings (SSSR count). The van der Waals surface area contributed by atoms with Crippen LogP contribution in [-0.4, -0.2) is 0 Å². The first-order valence-corrected chi connectivity index (χ1v) is 6.39. The Morgan fingerprint density at radius 1 is 0.947 bits per heavy atom. The number of anilines is 1. The van der Waals surface area contributed by atoms with Crippen molar-refractivity contribution in [2.24, 2.45) is 0 Å². The minimum atomic E-state index is -0.499. The molecule has 5 heteroatoms. The fourth-order valence-electron chi connectivity index (χ4n) is 1.70. The van der Waals surface area contributed by atoms with Crippen LogP contribution in [0.2, 0.25) is 10.0 Å². The summed E-state index contributed by atoms with van der Waals surface area (Å²) in [7, 11) is 0. The van der Waals surface area contributed by atoms with Crippen LogP contribution >= 0.6 is 23.2 Å². The van der Waals surface area contributed by atoms with Crippen molar-refractivity contribution < 1.29 is 8.78 Å². The molecule has 0 spiro atoms. The number of halogens is 4. The van der Waals surface area contributed by atoms with E-state index in [1.54, 1.807) is 12.1 Å². The number of rotatable bonds is 3. The van der Waals surface area contributed by atoms with Crippen molar-refractivity contribution >= 4 is 28.9 Å². The summed E-state index contributed by atoms with van der Waals surface area (Å²) in [5.41, 5.74) is 1.29. The molecule has 1 N–H and O–H groups in total. The van der Waals surface area contributed by atoms with Gasteiger partial charge in [-0.3, -0.25) is 0 Å². The molecule has 0 aromatic heterocycles. The smallest absolute Gasteiger partial charge is 0.143 e. The molecule has 0 saturated heterocycles. The third-order valence-corrected chi connectivity index (χ3v) is 3.36. The van der Waals surface area contributed by atoms with Gasteiger partial charge >= 0.3 is 0 Å². The maximum absolute atomic E-state index is 13.4. The van der Waals surface area contributed by atoms with Crippen LogP contribution in [0.4, 0.5) is 14.5 Å². The molecule has 0 radical (unpaired) electrons. The Kier molecular flexibility index (Phi) is 4.27. The maximum atomic E-state index is 13.4. The van der Waals surface area contributed by atoms with E-state index in [2.05, 4.69) is 5.32 Å². The molecule has 2 aromatic rings. The highest BCUT2D eigenvalue weighted by atomic mass is 35.5. The quantitative estimate of drug-likeness (QED) is 0.795. The molecular weight excluding hydrogens is 291 g/mol. The van der Waals surface area contributed by atoms with Gasteiger partial charge in [0.05, 0.1) is 10.0 Å². The van der Waals surface area contributed by atoms with Gasteiger partial charge in [0.2, 0.25) is 0 Å². The van der Waals surface area contributed by atoms with Crippen LogP contribution in [-0.2, 0) is 0 Å². The van der Waals surface area contributed by atoms with Gasteiger partial charge in [0, 0.05) is 11.7 Å². The Hall–Kier alpha value is -1.32. The summed E-state index contributed by atoms with van der Waals surface area (Å²) >= 11 is 11.2. The molecule has 0 fully saturated rings. The molecule has 1 atom stereocenters. The van der Waals surface area contributed by atoms with Crippen molar-refractivity contribution in [1.29, 1.82) is 0 Å². The van der Waals surface area contributed by atoms with Gasteiger partial charge in [0.1, 0.15) is 11.6 Å². The zero-order valence-electron chi connectivity index (χ0n) is 10.1. The monoisotopic (exact) mass is 301 g/mol. The van der Waals surface area contributed by atoms with E-state index >= 15 is 0 Å². The molecule has 1 unspecified atom stereocenters. The summed E-state index contributed by atoms with van der Waals surface area (Å²) < 4.78 is 26.7. The Labute approximate surface area is 120 Å². The number of hydrogen-bond acceptors (Lipinski definition) is 1. The Balaban J connectivity index is 2.17. The highest BCUT2D eigenvalue weighted by molar-refractivity contribution is 6.31. The lowest BCUT2D eigenvalue weighted by atomic mass is 10.1. The standard InChI is InChI=1S/C14H11Cl2F2N/c1-8(9-2-4-11(15)13(17)6-9)19-10-3-5-12(16)14(18)7-10/h2-8,19H,1H3. The average Bonchev–Trinajstić information content (AvgIpc) is 2.37. The van der Waals surface area contributed by atoms with Gasteiger partial charge in [-0.05, 0) is 42.8 Å². The van der Waals surface area contributed by atoms with E-state index in [1.807, 2.05) is 6.92 Å². The molecule has 100 valence electrons. The minimum Gasteiger partial charge on any atom is -0.378 e. The third-order valence-electron chi connectivity index (χ3n) is 2.75. The molecule has 0 bridgehead atoms. The molecule has 0 heterocycles. The predicted octanol–water partition coefficient (Wildman–Crippen LogP) is 5.44. The maximum Gasteiger partial charge on any atom is 0.143 e. The van der Waals surface area contributed by atoms with E-state index in [4.69, 9.17) is 23.2 Å². The van der Waals surface area contributed by atoms with Crippen molar-refractivity contribution in [2.75, 3.05) is 5.32 Å². The summed E-state index contributed by atoms with van der Waals surface area (Å²) in [6, 6.07) is 8.80. The van der Waals surface area contributed by atoms with Crippen LogP contribution in [0.3, 0.4) is 0 Å². The van der Waals surface area contributed by atoms with Crippen LogP contribution in [0, 0.1) is 11.6 Å². The fraction of sp³-hybridized carbons (Fsp3) is 0.143. The van der Waals surface area contributed by atoms with Gasteiger partial charge in [-0.2, -0.15) is 0 Å². The highest BCUT2D eigenvalue weighted by Gasteiger charge is 2.09. The Morgan fingerprint density at radius 2 is 1.53 bits per heavy atom. The summed E-state index contributed by atoms with van der Waals surface area (Å²) in [4.78, 5) is 0. The van der Waals surface area contributed by atoms with E-state index in [1.165, 1.54) is 24.3 Å². The van der Waals surface area contributed by atoms with Gasteiger partial charge in [-0.25, -0.2) is 8.78 Å². The first-order chi connectivity index (χ1) is 8.97. The average molecular weight is 302 g/mol. The molecule has 0 aliphatic carbocycles. The first kappa shape index (κ1) is 14.1. The van der Waals surface area contributed by atoms with Crippen LogP contribution in [0.1, 0.15) is 18.5 Å². The van der Waals surface area contributed by atoms with Crippen LogP contribution in [0.25, 0.3) is 0 Å².